The Hall–Kier alpha value is -2.44. The van der Waals surface area contributed by atoms with Crippen LogP contribution in [-0.4, -0.2) is 26.8 Å². The summed E-state index contributed by atoms with van der Waals surface area (Å²) in [7, 11) is 0. The van der Waals surface area contributed by atoms with Crippen molar-refractivity contribution in [3.63, 3.8) is 0 Å². The van der Waals surface area contributed by atoms with Crippen LogP contribution in [0.3, 0.4) is 0 Å². The molecule has 0 bridgehead atoms. The number of nitrogens with one attached hydrogen (secondary N) is 1. The van der Waals surface area contributed by atoms with Crippen LogP contribution in [0, 0.1) is 0 Å². The molecule has 2 saturated carbocycles. The van der Waals surface area contributed by atoms with E-state index in [4.69, 9.17) is 9.26 Å². The Labute approximate surface area is 146 Å². The first-order chi connectivity index (χ1) is 11.8. The smallest absolute Gasteiger partial charge is 0.408 e. The molecule has 25 heavy (non-hydrogen) atoms. The Balaban J connectivity index is 1.46. The van der Waals surface area contributed by atoms with Gasteiger partial charge >= 0.3 is 6.09 Å². The first-order valence-corrected chi connectivity index (χ1v) is 8.66. The predicted molar refractivity (Wildman–Crippen MR) is 89.8 cm³/mol. The number of hydrogen-bond acceptors (Lipinski definition) is 6. The summed E-state index contributed by atoms with van der Waals surface area (Å²) in [6.45, 7) is 5.54. The highest BCUT2D eigenvalue weighted by atomic mass is 16.6. The standard InChI is InChI=1S/C18H22N4O3/c1-17(2,3)24-16(23)21-18(8-9-18)13-7-6-12(10-19-13)14-20-15(25-22-14)11-4-5-11/h6-7,10-11H,4-5,8-9H2,1-3H3,(H,21,23). The zero-order valence-corrected chi connectivity index (χ0v) is 14.7. The lowest BCUT2D eigenvalue weighted by molar-refractivity contribution is 0.0494. The van der Waals surface area contributed by atoms with Crippen LogP contribution >= 0.6 is 0 Å². The number of pyridine rings is 1. The molecule has 0 aromatic carbocycles. The summed E-state index contributed by atoms with van der Waals surface area (Å²) < 4.78 is 10.6. The maximum Gasteiger partial charge on any atom is 0.408 e. The van der Waals surface area contributed by atoms with E-state index < -0.39 is 17.2 Å². The Morgan fingerprint density at radius 3 is 2.64 bits per heavy atom. The molecule has 2 fully saturated rings. The topological polar surface area (TPSA) is 90.1 Å². The lowest BCUT2D eigenvalue weighted by Crippen LogP contribution is -2.39. The molecule has 0 radical (unpaired) electrons. The van der Waals surface area contributed by atoms with Crippen LogP contribution < -0.4 is 5.32 Å². The molecule has 0 unspecified atom stereocenters. The normalized spacial score (nSPS) is 18.7. The van der Waals surface area contributed by atoms with Crippen molar-refractivity contribution in [1.29, 1.82) is 0 Å². The van der Waals surface area contributed by atoms with Gasteiger partial charge in [-0.05, 0) is 58.6 Å². The summed E-state index contributed by atoms with van der Waals surface area (Å²) in [6, 6.07) is 3.83. The van der Waals surface area contributed by atoms with Gasteiger partial charge in [0.1, 0.15) is 5.60 Å². The third-order valence-corrected chi connectivity index (χ3v) is 4.37. The van der Waals surface area contributed by atoms with E-state index in [0.29, 0.717) is 17.6 Å². The minimum atomic E-state index is -0.519. The van der Waals surface area contributed by atoms with Crippen LogP contribution in [0.1, 0.15) is 64.0 Å². The van der Waals surface area contributed by atoms with E-state index in [1.165, 1.54) is 0 Å². The summed E-state index contributed by atoms with van der Waals surface area (Å²) in [6.07, 6.45) is 5.27. The van der Waals surface area contributed by atoms with E-state index in [0.717, 1.165) is 36.9 Å². The third kappa shape index (κ3) is 3.50. The molecule has 1 N–H and O–H groups in total. The number of nitrogens with zero attached hydrogens (tertiary/aromatic N) is 3. The molecule has 0 saturated heterocycles. The van der Waals surface area contributed by atoms with Gasteiger partial charge in [-0.15, -0.1) is 0 Å². The summed E-state index contributed by atoms with van der Waals surface area (Å²) in [5, 5.41) is 6.98. The fourth-order valence-electron chi connectivity index (χ4n) is 2.73. The Morgan fingerprint density at radius 2 is 2.08 bits per heavy atom. The molecule has 2 aromatic rings. The van der Waals surface area contributed by atoms with Crippen molar-refractivity contribution in [3.05, 3.63) is 29.9 Å². The molecule has 132 valence electrons. The van der Waals surface area contributed by atoms with Crippen LogP contribution in [0.25, 0.3) is 11.4 Å². The van der Waals surface area contributed by atoms with Crippen molar-refractivity contribution in [2.45, 2.75) is 63.5 Å². The molecule has 0 atom stereocenters. The lowest BCUT2D eigenvalue weighted by Gasteiger charge is -2.23. The average molecular weight is 342 g/mol. The van der Waals surface area contributed by atoms with E-state index in [2.05, 4.69) is 20.4 Å². The van der Waals surface area contributed by atoms with Gasteiger partial charge < -0.3 is 14.6 Å². The van der Waals surface area contributed by atoms with Crippen LogP contribution in [-0.2, 0) is 10.3 Å². The van der Waals surface area contributed by atoms with Crippen molar-refractivity contribution in [2.75, 3.05) is 0 Å². The largest absolute Gasteiger partial charge is 0.444 e. The van der Waals surface area contributed by atoms with Gasteiger partial charge in [-0.2, -0.15) is 4.98 Å². The molecular formula is C18H22N4O3. The van der Waals surface area contributed by atoms with E-state index in [9.17, 15) is 4.79 Å². The fourth-order valence-corrected chi connectivity index (χ4v) is 2.73. The van der Waals surface area contributed by atoms with Gasteiger partial charge in [-0.25, -0.2) is 4.79 Å². The molecule has 0 spiro atoms. The lowest BCUT2D eigenvalue weighted by atomic mass is 10.1. The predicted octanol–water partition coefficient (Wildman–Crippen LogP) is 3.52. The molecule has 2 aliphatic rings. The van der Waals surface area contributed by atoms with Crippen LogP contribution in [0.5, 0.6) is 0 Å². The monoisotopic (exact) mass is 342 g/mol. The Bertz CT molecular complexity index is 783. The quantitative estimate of drug-likeness (QED) is 0.914. The van der Waals surface area contributed by atoms with Crippen molar-refractivity contribution in [1.82, 2.24) is 20.4 Å². The SMILES string of the molecule is CC(C)(C)OC(=O)NC1(c2ccc(-c3noc(C4CC4)n3)cn2)CC1. The molecule has 2 aliphatic carbocycles. The molecule has 1 amide bonds. The van der Waals surface area contributed by atoms with Gasteiger partial charge in [0.2, 0.25) is 11.7 Å². The summed E-state index contributed by atoms with van der Waals surface area (Å²) in [5.74, 6) is 1.71. The highest BCUT2D eigenvalue weighted by molar-refractivity contribution is 5.70. The highest BCUT2D eigenvalue weighted by Gasteiger charge is 2.48. The van der Waals surface area contributed by atoms with E-state index in [1.807, 2.05) is 32.9 Å². The van der Waals surface area contributed by atoms with Gasteiger partial charge in [0.15, 0.2) is 0 Å². The maximum absolute atomic E-state index is 12.1. The maximum atomic E-state index is 12.1. The highest BCUT2D eigenvalue weighted by Crippen LogP contribution is 2.45. The first kappa shape index (κ1) is 16.1. The van der Waals surface area contributed by atoms with E-state index in [-0.39, 0.29) is 0 Å². The van der Waals surface area contributed by atoms with E-state index >= 15 is 0 Å². The molecule has 7 heteroatoms. The van der Waals surface area contributed by atoms with Gasteiger partial charge in [0, 0.05) is 17.7 Å². The minimum Gasteiger partial charge on any atom is -0.444 e. The molecular weight excluding hydrogens is 320 g/mol. The number of carbonyl (C=O) groups is 1. The number of aromatic nitrogens is 3. The summed E-state index contributed by atoms with van der Waals surface area (Å²) in [4.78, 5) is 21.0. The van der Waals surface area contributed by atoms with Crippen LogP contribution in [0.4, 0.5) is 4.79 Å². The number of carbonyl (C=O) groups excluding carboxylic acids is 1. The zero-order valence-electron chi connectivity index (χ0n) is 14.7. The minimum absolute atomic E-state index is 0.414. The number of hydrogen-bond donors (Lipinski definition) is 1. The second-order valence-corrected chi connectivity index (χ2v) is 7.87. The number of rotatable bonds is 4. The van der Waals surface area contributed by atoms with Gasteiger partial charge in [0.25, 0.3) is 0 Å². The van der Waals surface area contributed by atoms with Crippen molar-refractivity contribution in [3.8, 4) is 11.4 Å². The van der Waals surface area contributed by atoms with Crippen LogP contribution in [0.15, 0.2) is 22.9 Å². The number of ether oxygens (including phenoxy) is 1. The average Bonchev–Trinajstić information content (AvgIpc) is 3.46. The second-order valence-electron chi connectivity index (χ2n) is 7.87. The summed E-state index contributed by atoms with van der Waals surface area (Å²) >= 11 is 0. The van der Waals surface area contributed by atoms with Crippen molar-refractivity contribution in [2.24, 2.45) is 0 Å². The zero-order chi connectivity index (χ0) is 17.7. The first-order valence-electron chi connectivity index (χ1n) is 8.66. The summed E-state index contributed by atoms with van der Waals surface area (Å²) in [5.41, 5.74) is 0.701. The number of amides is 1. The van der Waals surface area contributed by atoms with Crippen molar-refractivity contribution >= 4 is 6.09 Å². The molecule has 2 aromatic heterocycles. The van der Waals surface area contributed by atoms with E-state index in [1.54, 1.807) is 6.20 Å². The number of alkyl carbamates (subject to hydrolysis) is 1. The van der Waals surface area contributed by atoms with Gasteiger partial charge in [-0.3, -0.25) is 4.98 Å². The Morgan fingerprint density at radius 1 is 1.32 bits per heavy atom. The van der Waals surface area contributed by atoms with Gasteiger partial charge in [-0.1, -0.05) is 5.16 Å². The molecule has 7 nitrogen and oxygen atoms in total. The molecule has 2 heterocycles. The van der Waals surface area contributed by atoms with Gasteiger partial charge in [0.05, 0.1) is 11.2 Å². The Kier molecular flexibility index (Phi) is 3.56. The molecule has 4 rings (SSSR count). The van der Waals surface area contributed by atoms with Crippen molar-refractivity contribution < 1.29 is 14.1 Å². The third-order valence-electron chi connectivity index (χ3n) is 4.37. The van der Waals surface area contributed by atoms with Crippen LogP contribution in [0.2, 0.25) is 0 Å². The second kappa shape index (κ2) is 5.54. The molecule has 0 aliphatic heterocycles. The fraction of sp³-hybridized carbons (Fsp3) is 0.556.